The predicted octanol–water partition coefficient (Wildman–Crippen LogP) is 5.11. The van der Waals surface area contributed by atoms with Crippen LogP contribution in [0.25, 0.3) is 22.5 Å². The minimum atomic E-state index is -0.647. The number of benzene rings is 3. The average molecular weight is 514 g/mol. The molecule has 1 heterocycles. The molecule has 0 bridgehead atoms. The van der Waals surface area contributed by atoms with Crippen LogP contribution in [0.5, 0.6) is 0 Å². The number of thioether (sulfide) groups is 1. The summed E-state index contributed by atoms with van der Waals surface area (Å²) in [6, 6.07) is 25.5. The van der Waals surface area contributed by atoms with Crippen LogP contribution in [0.3, 0.4) is 0 Å². The van der Waals surface area contributed by atoms with Gasteiger partial charge < -0.3 is 14.8 Å². The van der Waals surface area contributed by atoms with E-state index in [2.05, 4.69) is 15.3 Å². The zero-order valence-corrected chi connectivity index (χ0v) is 21.0. The second-order valence-corrected chi connectivity index (χ2v) is 8.68. The molecule has 0 fully saturated rings. The molecule has 0 aliphatic heterocycles. The fraction of sp³-hybridized carbons (Fsp3) is 0.107. The van der Waals surface area contributed by atoms with Crippen LogP contribution in [-0.2, 0) is 14.3 Å². The number of esters is 2. The first-order valence-electron chi connectivity index (χ1n) is 11.2. The van der Waals surface area contributed by atoms with Gasteiger partial charge in [-0.2, -0.15) is 0 Å². The number of methoxy groups -OCH3 is 2. The summed E-state index contributed by atoms with van der Waals surface area (Å²) in [7, 11) is 2.48. The molecule has 186 valence electrons. The van der Waals surface area contributed by atoms with Gasteiger partial charge in [0.25, 0.3) is 0 Å². The molecule has 1 amide bonds. The fourth-order valence-electron chi connectivity index (χ4n) is 3.50. The summed E-state index contributed by atoms with van der Waals surface area (Å²) in [5, 5.41) is 3.11. The molecule has 0 aliphatic rings. The van der Waals surface area contributed by atoms with Crippen molar-refractivity contribution in [2.24, 2.45) is 0 Å². The van der Waals surface area contributed by atoms with Crippen LogP contribution < -0.4 is 5.32 Å². The van der Waals surface area contributed by atoms with Crippen molar-refractivity contribution in [2.45, 2.75) is 5.16 Å². The van der Waals surface area contributed by atoms with Crippen molar-refractivity contribution in [3.8, 4) is 22.5 Å². The van der Waals surface area contributed by atoms with E-state index in [4.69, 9.17) is 9.47 Å². The van der Waals surface area contributed by atoms with Crippen LogP contribution in [-0.4, -0.2) is 47.8 Å². The number of ether oxygens (including phenoxy) is 2. The molecule has 0 atom stereocenters. The maximum atomic E-state index is 12.9. The Hall–Kier alpha value is -4.50. The number of nitrogens with one attached hydrogen (secondary N) is 1. The molecule has 4 rings (SSSR count). The SMILES string of the molecule is COC(=O)c1ccc(C(=O)OC)c(NC(=O)CSc2nc(-c3ccccc3)cc(-c3ccccc3)n2)c1. The Kier molecular flexibility index (Phi) is 8.27. The van der Waals surface area contributed by atoms with Crippen molar-refractivity contribution in [2.75, 3.05) is 25.3 Å². The topological polar surface area (TPSA) is 107 Å². The van der Waals surface area contributed by atoms with Crippen LogP contribution in [0.2, 0.25) is 0 Å². The Labute approximate surface area is 218 Å². The third kappa shape index (κ3) is 6.39. The van der Waals surface area contributed by atoms with Crippen LogP contribution in [0.1, 0.15) is 20.7 Å². The Morgan fingerprint density at radius 1 is 0.757 bits per heavy atom. The van der Waals surface area contributed by atoms with Gasteiger partial charge in [0.05, 0.1) is 48.2 Å². The summed E-state index contributed by atoms with van der Waals surface area (Å²) in [4.78, 5) is 46.3. The van der Waals surface area contributed by atoms with Gasteiger partial charge in [-0.25, -0.2) is 19.6 Å². The Bertz CT molecular complexity index is 1370. The van der Waals surface area contributed by atoms with Crippen molar-refractivity contribution in [1.82, 2.24) is 9.97 Å². The number of aromatic nitrogens is 2. The molecule has 0 saturated heterocycles. The molecule has 0 saturated carbocycles. The molecular weight excluding hydrogens is 490 g/mol. The monoisotopic (exact) mass is 513 g/mol. The Morgan fingerprint density at radius 3 is 1.86 bits per heavy atom. The van der Waals surface area contributed by atoms with Gasteiger partial charge in [0, 0.05) is 11.1 Å². The standard InChI is InChI=1S/C28H23N3O5S/c1-35-26(33)20-13-14-21(27(34)36-2)24(15-20)29-25(32)17-37-28-30-22(18-9-5-3-6-10-18)16-23(31-28)19-11-7-4-8-12-19/h3-16H,17H2,1-2H3,(H,29,32). The lowest BCUT2D eigenvalue weighted by Gasteiger charge is -2.12. The lowest BCUT2D eigenvalue weighted by Crippen LogP contribution is -2.18. The highest BCUT2D eigenvalue weighted by Gasteiger charge is 2.18. The molecule has 0 unspecified atom stereocenters. The number of hydrogen-bond acceptors (Lipinski definition) is 8. The highest BCUT2D eigenvalue weighted by atomic mass is 32.2. The van der Waals surface area contributed by atoms with E-state index in [0.717, 1.165) is 34.3 Å². The van der Waals surface area contributed by atoms with Gasteiger partial charge >= 0.3 is 11.9 Å². The molecule has 1 aromatic heterocycles. The van der Waals surface area contributed by atoms with Gasteiger partial charge in [0.15, 0.2) is 5.16 Å². The van der Waals surface area contributed by atoms with Gasteiger partial charge in [-0.05, 0) is 24.3 Å². The molecular formula is C28H23N3O5S. The number of carbonyl (C=O) groups is 3. The molecule has 0 aliphatic carbocycles. The predicted molar refractivity (Wildman–Crippen MR) is 141 cm³/mol. The molecule has 9 heteroatoms. The normalized spacial score (nSPS) is 10.4. The average Bonchev–Trinajstić information content (AvgIpc) is 2.96. The number of nitrogens with zero attached hydrogens (tertiary/aromatic N) is 2. The van der Waals surface area contributed by atoms with Crippen molar-refractivity contribution in [3.05, 3.63) is 96.1 Å². The first-order valence-corrected chi connectivity index (χ1v) is 12.2. The summed E-state index contributed by atoms with van der Waals surface area (Å²) < 4.78 is 9.53. The van der Waals surface area contributed by atoms with Gasteiger partial charge in [0.2, 0.25) is 5.91 Å². The molecule has 37 heavy (non-hydrogen) atoms. The third-order valence-electron chi connectivity index (χ3n) is 5.30. The second kappa shape index (κ2) is 12.0. The maximum absolute atomic E-state index is 12.9. The number of anilines is 1. The van der Waals surface area contributed by atoms with Crippen molar-refractivity contribution in [3.63, 3.8) is 0 Å². The highest BCUT2D eigenvalue weighted by Crippen LogP contribution is 2.27. The van der Waals surface area contributed by atoms with Crippen molar-refractivity contribution in [1.29, 1.82) is 0 Å². The zero-order valence-electron chi connectivity index (χ0n) is 20.1. The van der Waals surface area contributed by atoms with E-state index in [1.165, 1.54) is 32.4 Å². The van der Waals surface area contributed by atoms with Crippen LogP contribution in [0.4, 0.5) is 5.69 Å². The van der Waals surface area contributed by atoms with Gasteiger partial charge in [-0.15, -0.1) is 0 Å². The highest BCUT2D eigenvalue weighted by molar-refractivity contribution is 7.99. The van der Waals surface area contributed by atoms with E-state index in [-0.39, 0.29) is 22.6 Å². The summed E-state index contributed by atoms with van der Waals surface area (Å²) in [5.74, 6) is -1.69. The Morgan fingerprint density at radius 2 is 1.32 bits per heavy atom. The smallest absolute Gasteiger partial charge is 0.339 e. The Balaban J connectivity index is 1.58. The molecule has 8 nitrogen and oxygen atoms in total. The molecule has 0 radical (unpaired) electrons. The number of rotatable bonds is 8. The quantitative estimate of drug-likeness (QED) is 0.197. The van der Waals surface area contributed by atoms with E-state index >= 15 is 0 Å². The molecule has 4 aromatic rings. The largest absolute Gasteiger partial charge is 0.465 e. The van der Waals surface area contributed by atoms with E-state index in [9.17, 15) is 14.4 Å². The number of carbonyl (C=O) groups excluding carboxylic acids is 3. The second-order valence-electron chi connectivity index (χ2n) is 7.73. The zero-order chi connectivity index (χ0) is 26.2. The van der Waals surface area contributed by atoms with Crippen LogP contribution >= 0.6 is 11.8 Å². The summed E-state index contributed by atoms with van der Waals surface area (Å²) in [6.45, 7) is 0. The van der Waals surface area contributed by atoms with Crippen LogP contribution in [0.15, 0.2) is 90.1 Å². The minimum Gasteiger partial charge on any atom is -0.465 e. The molecule has 1 N–H and O–H groups in total. The first-order chi connectivity index (χ1) is 18.0. The number of hydrogen-bond donors (Lipinski definition) is 1. The molecule has 0 spiro atoms. The summed E-state index contributed by atoms with van der Waals surface area (Å²) in [5.41, 5.74) is 3.76. The van der Waals surface area contributed by atoms with Gasteiger partial charge in [0.1, 0.15) is 0 Å². The van der Waals surface area contributed by atoms with Crippen molar-refractivity contribution >= 4 is 35.3 Å². The summed E-state index contributed by atoms with van der Waals surface area (Å²) >= 11 is 1.16. The van der Waals surface area contributed by atoms with E-state index < -0.39 is 17.8 Å². The van der Waals surface area contributed by atoms with Crippen LogP contribution in [0, 0.1) is 0 Å². The maximum Gasteiger partial charge on any atom is 0.339 e. The van der Waals surface area contributed by atoms with E-state index in [1.807, 2.05) is 66.7 Å². The van der Waals surface area contributed by atoms with Gasteiger partial charge in [-0.3, -0.25) is 4.79 Å². The molecule has 3 aromatic carbocycles. The fourth-order valence-corrected chi connectivity index (χ4v) is 4.16. The lowest BCUT2D eigenvalue weighted by atomic mass is 10.1. The van der Waals surface area contributed by atoms with E-state index in [0.29, 0.717) is 5.16 Å². The van der Waals surface area contributed by atoms with E-state index in [1.54, 1.807) is 0 Å². The lowest BCUT2D eigenvalue weighted by molar-refractivity contribution is -0.113. The number of amides is 1. The first kappa shape index (κ1) is 25.6. The van der Waals surface area contributed by atoms with Crippen molar-refractivity contribution < 1.29 is 23.9 Å². The summed E-state index contributed by atoms with van der Waals surface area (Å²) in [6.07, 6.45) is 0. The van der Waals surface area contributed by atoms with Gasteiger partial charge in [-0.1, -0.05) is 72.4 Å². The third-order valence-corrected chi connectivity index (χ3v) is 6.14. The minimum absolute atomic E-state index is 0.0322.